The molecule has 7 rings (SSSR count). The zero-order valence-corrected chi connectivity index (χ0v) is 33.9. The van der Waals surface area contributed by atoms with Gasteiger partial charge in [-0.2, -0.15) is 0 Å². The number of hydrogen-bond acceptors (Lipinski definition) is 3. The normalized spacial score (nSPS) is 12.9. The van der Waals surface area contributed by atoms with E-state index in [2.05, 4.69) is 75.4 Å². The molecule has 0 spiro atoms. The van der Waals surface area contributed by atoms with Crippen LogP contribution in [0.15, 0.2) is 54.6 Å². The first kappa shape index (κ1) is 38.6. The van der Waals surface area contributed by atoms with Crippen LogP contribution in [-0.2, 0) is 19.3 Å². The van der Waals surface area contributed by atoms with Gasteiger partial charge < -0.3 is 14.2 Å². The maximum absolute atomic E-state index is 6.36. The molecule has 0 aliphatic heterocycles. The van der Waals surface area contributed by atoms with Gasteiger partial charge >= 0.3 is 0 Å². The second-order valence-electron chi connectivity index (χ2n) is 16.4. The zero-order valence-electron chi connectivity index (χ0n) is 33.9. The Labute approximate surface area is 327 Å². The summed E-state index contributed by atoms with van der Waals surface area (Å²) in [5.74, 6) is 3.06. The van der Waals surface area contributed by atoms with Gasteiger partial charge in [0, 0.05) is 0 Å². The van der Waals surface area contributed by atoms with E-state index in [1.54, 1.807) is 0 Å². The fourth-order valence-electron chi connectivity index (χ4n) is 9.37. The summed E-state index contributed by atoms with van der Waals surface area (Å²) < 4.78 is 19.1. The number of ether oxygens (including phenoxy) is 3. The van der Waals surface area contributed by atoms with Crippen LogP contribution in [0.5, 0.6) is 17.2 Å². The number of fused-ring (bicyclic) bond motifs is 12. The lowest BCUT2D eigenvalue weighted by Crippen LogP contribution is -1.98. The van der Waals surface area contributed by atoms with Crippen molar-refractivity contribution in [3.05, 3.63) is 88.0 Å². The van der Waals surface area contributed by atoms with E-state index < -0.39 is 0 Å². The highest BCUT2D eigenvalue weighted by molar-refractivity contribution is 6.00. The average Bonchev–Trinajstić information content (AvgIpc) is 3.87. The Morgan fingerprint density at radius 2 is 0.630 bits per heavy atom. The van der Waals surface area contributed by atoms with Gasteiger partial charge in [-0.1, -0.05) is 135 Å². The topological polar surface area (TPSA) is 27.7 Å². The summed E-state index contributed by atoms with van der Waals surface area (Å²) in [6.07, 6.45) is 26.0. The van der Waals surface area contributed by atoms with Crippen LogP contribution in [-0.4, -0.2) is 19.8 Å². The van der Waals surface area contributed by atoms with Crippen LogP contribution in [0, 0.1) is 0 Å². The monoisotopic (exact) mass is 727 g/mol. The van der Waals surface area contributed by atoms with Crippen LogP contribution in [0.25, 0.3) is 33.4 Å². The Kier molecular flexibility index (Phi) is 13.7. The van der Waals surface area contributed by atoms with E-state index in [0.717, 1.165) is 75.6 Å². The molecule has 3 aliphatic rings. The molecule has 3 heteroatoms. The maximum Gasteiger partial charge on any atom is 0.119 e. The summed E-state index contributed by atoms with van der Waals surface area (Å²) in [5, 5.41) is 0. The van der Waals surface area contributed by atoms with Crippen molar-refractivity contribution in [2.75, 3.05) is 19.8 Å². The molecule has 0 saturated heterocycles. The van der Waals surface area contributed by atoms with E-state index >= 15 is 0 Å². The molecule has 4 aromatic rings. The molecule has 3 aliphatic carbocycles. The number of unbranched alkanes of at least 4 members (excludes halogenated alkanes) is 15. The van der Waals surface area contributed by atoms with Gasteiger partial charge in [-0.25, -0.2) is 0 Å². The molecule has 0 amide bonds. The predicted molar refractivity (Wildman–Crippen MR) is 228 cm³/mol. The van der Waals surface area contributed by atoms with Crippen molar-refractivity contribution in [1.29, 1.82) is 0 Å². The smallest absolute Gasteiger partial charge is 0.119 e. The van der Waals surface area contributed by atoms with Gasteiger partial charge in [0.1, 0.15) is 17.2 Å². The van der Waals surface area contributed by atoms with Gasteiger partial charge in [0.05, 0.1) is 19.8 Å². The highest BCUT2D eigenvalue weighted by Gasteiger charge is 2.37. The molecule has 0 N–H and O–H groups in total. The van der Waals surface area contributed by atoms with Crippen LogP contribution < -0.4 is 14.2 Å². The standard InChI is InChI=1S/C51H66O3/c1-4-7-10-13-16-19-28-52-40-22-25-43-37(31-40)34-46-49(43)47-35-38-32-42(54-30-21-18-15-12-9-6-3)24-27-45(38)51(47)48-36-39-33-41(23-26-44(39)50(46)48)53-29-20-17-14-11-8-5-2/h22-27,31-33H,4-21,28-30,34-36H2,1-3H3. The predicted octanol–water partition coefficient (Wildman–Crippen LogP) is 14.6. The van der Waals surface area contributed by atoms with Crippen molar-refractivity contribution >= 4 is 0 Å². The fraction of sp³-hybridized carbons (Fsp3) is 0.529. The van der Waals surface area contributed by atoms with Crippen molar-refractivity contribution < 1.29 is 14.2 Å². The zero-order chi connectivity index (χ0) is 37.1. The molecule has 0 saturated carbocycles. The first-order valence-electron chi connectivity index (χ1n) is 22.2. The van der Waals surface area contributed by atoms with Gasteiger partial charge in [0.15, 0.2) is 0 Å². The molecular formula is C51H66O3. The average molecular weight is 727 g/mol. The van der Waals surface area contributed by atoms with Crippen LogP contribution in [0.1, 0.15) is 170 Å². The van der Waals surface area contributed by atoms with E-state index in [9.17, 15) is 0 Å². The van der Waals surface area contributed by atoms with Crippen molar-refractivity contribution in [3.63, 3.8) is 0 Å². The number of rotatable bonds is 24. The molecule has 288 valence electrons. The highest BCUT2D eigenvalue weighted by atomic mass is 16.5. The number of hydrogen-bond donors (Lipinski definition) is 0. The summed E-state index contributed by atoms with van der Waals surface area (Å²) in [7, 11) is 0. The summed E-state index contributed by atoms with van der Waals surface area (Å²) in [5.41, 5.74) is 17.4. The van der Waals surface area contributed by atoms with E-state index in [-0.39, 0.29) is 0 Å². The molecule has 0 bridgehead atoms. The SMILES string of the molecule is CCCCCCCCOc1ccc2c(c1)Cc1c-2c2c(c3c1-c1ccc(OCCCCCCCC)cc1C3)-c1ccc(OCCCCCCCC)cc1C2. The van der Waals surface area contributed by atoms with Crippen molar-refractivity contribution in [3.8, 4) is 50.6 Å². The second kappa shape index (κ2) is 19.2. The van der Waals surface area contributed by atoms with Crippen molar-refractivity contribution in [1.82, 2.24) is 0 Å². The Hall–Kier alpha value is -3.72. The Morgan fingerprint density at radius 1 is 0.352 bits per heavy atom. The summed E-state index contributed by atoms with van der Waals surface area (Å²) in [6, 6.07) is 20.8. The van der Waals surface area contributed by atoms with E-state index in [1.807, 2.05) is 0 Å². The lowest BCUT2D eigenvalue weighted by atomic mass is 9.86. The summed E-state index contributed by atoms with van der Waals surface area (Å²) >= 11 is 0. The molecule has 0 heterocycles. The Balaban J connectivity index is 1.12. The second-order valence-corrected chi connectivity index (χ2v) is 16.4. The molecule has 0 radical (unpaired) electrons. The molecule has 0 unspecified atom stereocenters. The minimum atomic E-state index is 0.803. The quantitative estimate of drug-likeness (QED) is 0.0580. The first-order valence-corrected chi connectivity index (χ1v) is 22.2. The van der Waals surface area contributed by atoms with Gasteiger partial charge in [0.25, 0.3) is 0 Å². The minimum absolute atomic E-state index is 0.803. The van der Waals surface area contributed by atoms with Gasteiger partial charge in [-0.3, -0.25) is 0 Å². The van der Waals surface area contributed by atoms with Crippen LogP contribution in [0.3, 0.4) is 0 Å². The van der Waals surface area contributed by atoms with E-state index in [1.165, 1.54) is 163 Å². The van der Waals surface area contributed by atoms with Crippen LogP contribution in [0.2, 0.25) is 0 Å². The number of benzene rings is 4. The molecule has 54 heavy (non-hydrogen) atoms. The molecule has 0 atom stereocenters. The minimum Gasteiger partial charge on any atom is -0.494 e. The van der Waals surface area contributed by atoms with Gasteiger partial charge in [-0.15, -0.1) is 0 Å². The summed E-state index contributed by atoms with van der Waals surface area (Å²) in [6.45, 7) is 9.25. The lowest BCUT2D eigenvalue weighted by Gasteiger charge is -2.17. The highest BCUT2D eigenvalue weighted by Crippen LogP contribution is 2.57. The molecule has 4 aromatic carbocycles. The van der Waals surface area contributed by atoms with Crippen LogP contribution >= 0.6 is 0 Å². The summed E-state index contributed by atoms with van der Waals surface area (Å²) in [4.78, 5) is 0. The van der Waals surface area contributed by atoms with Crippen molar-refractivity contribution in [2.45, 2.75) is 156 Å². The lowest BCUT2D eigenvalue weighted by molar-refractivity contribution is 0.304. The maximum atomic E-state index is 6.36. The van der Waals surface area contributed by atoms with Gasteiger partial charge in [-0.05, 0) is 142 Å². The van der Waals surface area contributed by atoms with Crippen molar-refractivity contribution in [2.24, 2.45) is 0 Å². The third-order valence-corrected chi connectivity index (χ3v) is 12.3. The molecular weight excluding hydrogens is 661 g/mol. The van der Waals surface area contributed by atoms with E-state index in [4.69, 9.17) is 14.2 Å². The molecule has 0 aromatic heterocycles. The van der Waals surface area contributed by atoms with Gasteiger partial charge in [0.2, 0.25) is 0 Å². The third-order valence-electron chi connectivity index (χ3n) is 12.3. The largest absolute Gasteiger partial charge is 0.494 e. The van der Waals surface area contributed by atoms with E-state index in [0.29, 0.717) is 0 Å². The molecule has 3 nitrogen and oxygen atoms in total. The Bertz CT molecular complexity index is 1620. The third kappa shape index (κ3) is 8.87. The fourth-order valence-corrected chi connectivity index (χ4v) is 9.37. The molecule has 0 fully saturated rings. The first-order chi connectivity index (χ1) is 26.7. The van der Waals surface area contributed by atoms with Crippen LogP contribution in [0.4, 0.5) is 0 Å². The Morgan fingerprint density at radius 3 is 0.926 bits per heavy atom.